The minimum absolute atomic E-state index is 0.709. The molecule has 0 amide bonds. The van der Waals surface area contributed by atoms with Gasteiger partial charge < -0.3 is 0 Å². The van der Waals surface area contributed by atoms with E-state index in [1.165, 1.54) is 11.1 Å². The van der Waals surface area contributed by atoms with Crippen LogP contribution in [-0.2, 0) is 12.3 Å². The maximum absolute atomic E-state index is 5.98. The Hall–Kier alpha value is -2.63. The number of aromatic nitrogens is 4. The third-order valence-electron chi connectivity index (χ3n) is 4.10. The fourth-order valence-electron chi connectivity index (χ4n) is 2.74. The molecule has 0 N–H and O–H groups in total. The van der Waals surface area contributed by atoms with Gasteiger partial charge in [-0.25, -0.2) is 0 Å². The highest BCUT2D eigenvalue weighted by Gasteiger charge is 2.15. The van der Waals surface area contributed by atoms with E-state index in [0.29, 0.717) is 6.54 Å². The SMILES string of the molecule is Clc1ccc(CSc2nnc(-c3cccnc3)n2Cc2ccccc2)cc1. The summed E-state index contributed by atoms with van der Waals surface area (Å²) in [4.78, 5) is 4.22. The summed E-state index contributed by atoms with van der Waals surface area (Å²) < 4.78 is 2.15. The van der Waals surface area contributed by atoms with Crippen LogP contribution in [0.4, 0.5) is 0 Å². The molecule has 27 heavy (non-hydrogen) atoms. The lowest BCUT2D eigenvalue weighted by molar-refractivity contribution is 0.714. The maximum atomic E-state index is 5.98. The zero-order valence-corrected chi connectivity index (χ0v) is 16.1. The molecule has 0 fully saturated rings. The average molecular weight is 393 g/mol. The van der Waals surface area contributed by atoms with Gasteiger partial charge in [-0.1, -0.05) is 65.8 Å². The first-order chi connectivity index (χ1) is 13.3. The van der Waals surface area contributed by atoms with Crippen LogP contribution in [0.3, 0.4) is 0 Å². The van der Waals surface area contributed by atoms with E-state index in [0.717, 1.165) is 27.3 Å². The minimum Gasteiger partial charge on any atom is -0.297 e. The predicted octanol–water partition coefficient (Wildman–Crippen LogP) is 5.33. The zero-order valence-electron chi connectivity index (χ0n) is 14.5. The number of halogens is 1. The monoisotopic (exact) mass is 392 g/mol. The molecule has 134 valence electrons. The van der Waals surface area contributed by atoms with Gasteiger partial charge in [0.05, 0.1) is 6.54 Å². The van der Waals surface area contributed by atoms with Gasteiger partial charge in [-0.2, -0.15) is 0 Å². The molecule has 0 saturated carbocycles. The molecule has 4 nitrogen and oxygen atoms in total. The summed E-state index contributed by atoms with van der Waals surface area (Å²) in [6.07, 6.45) is 3.58. The molecule has 4 rings (SSSR count). The lowest BCUT2D eigenvalue weighted by Gasteiger charge is -2.10. The molecule has 0 aliphatic rings. The lowest BCUT2D eigenvalue weighted by Crippen LogP contribution is -2.04. The Morgan fingerprint density at radius 1 is 0.852 bits per heavy atom. The van der Waals surface area contributed by atoms with E-state index in [9.17, 15) is 0 Å². The van der Waals surface area contributed by atoms with Gasteiger partial charge in [-0.15, -0.1) is 10.2 Å². The molecule has 6 heteroatoms. The highest BCUT2D eigenvalue weighted by atomic mass is 35.5. The van der Waals surface area contributed by atoms with Crippen molar-refractivity contribution in [1.82, 2.24) is 19.7 Å². The molecule has 2 heterocycles. The van der Waals surface area contributed by atoms with Crippen LogP contribution in [0.25, 0.3) is 11.4 Å². The van der Waals surface area contributed by atoms with Crippen molar-refractivity contribution in [2.45, 2.75) is 17.5 Å². The second-order valence-electron chi connectivity index (χ2n) is 6.03. The van der Waals surface area contributed by atoms with E-state index in [4.69, 9.17) is 11.6 Å². The Kier molecular flexibility index (Phi) is 5.51. The van der Waals surface area contributed by atoms with E-state index < -0.39 is 0 Å². The Labute approximate surface area is 167 Å². The van der Waals surface area contributed by atoms with E-state index in [2.05, 4.69) is 31.9 Å². The van der Waals surface area contributed by atoms with Crippen molar-refractivity contribution in [3.63, 3.8) is 0 Å². The van der Waals surface area contributed by atoms with Crippen molar-refractivity contribution in [2.75, 3.05) is 0 Å². The average Bonchev–Trinajstić information content (AvgIpc) is 3.11. The third-order valence-corrected chi connectivity index (χ3v) is 5.39. The lowest BCUT2D eigenvalue weighted by atomic mass is 10.2. The maximum Gasteiger partial charge on any atom is 0.192 e. The molecule has 2 aromatic carbocycles. The topological polar surface area (TPSA) is 43.6 Å². The number of pyridine rings is 1. The summed E-state index contributed by atoms with van der Waals surface area (Å²) in [6, 6.07) is 22.2. The highest BCUT2D eigenvalue weighted by molar-refractivity contribution is 7.98. The van der Waals surface area contributed by atoms with Gasteiger partial charge in [0.1, 0.15) is 0 Å². The Bertz CT molecular complexity index is 1000. The minimum atomic E-state index is 0.709. The van der Waals surface area contributed by atoms with Gasteiger partial charge in [0, 0.05) is 28.7 Å². The van der Waals surface area contributed by atoms with Gasteiger partial charge in [0.25, 0.3) is 0 Å². The van der Waals surface area contributed by atoms with Crippen molar-refractivity contribution in [2.24, 2.45) is 0 Å². The molecular weight excluding hydrogens is 376 g/mol. The number of benzene rings is 2. The van der Waals surface area contributed by atoms with Crippen LogP contribution in [-0.4, -0.2) is 19.7 Å². The van der Waals surface area contributed by atoms with Gasteiger partial charge in [-0.05, 0) is 35.4 Å². The Morgan fingerprint density at radius 2 is 1.67 bits per heavy atom. The summed E-state index contributed by atoms with van der Waals surface area (Å²) in [5.74, 6) is 1.63. The number of rotatable bonds is 6. The summed E-state index contributed by atoms with van der Waals surface area (Å²) in [5.41, 5.74) is 3.36. The number of thioether (sulfide) groups is 1. The molecule has 0 spiro atoms. The highest BCUT2D eigenvalue weighted by Crippen LogP contribution is 2.27. The second-order valence-corrected chi connectivity index (χ2v) is 7.41. The first-order valence-electron chi connectivity index (χ1n) is 8.54. The number of hydrogen-bond donors (Lipinski definition) is 0. The van der Waals surface area contributed by atoms with Crippen LogP contribution in [0.2, 0.25) is 5.02 Å². The molecular formula is C21H17ClN4S. The molecule has 0 atom stereocenters. The van der Waals surface area contributed by atoms with Crippen LogP contribution >= 0.6 is 23.4 Å². The van der Waals surface area contributed by atoms with Gasteiger partial charge in [-0.3, -0.25) is 9.55 Å². The third kappa shape index (κ3) is 4.38. The van der Waals surface area contributed by atoms with Crippen molar-refractivity contribution < 1.29 is 0 Å². The largest absolute Gasteiger partial charge is 0.297 e. The van der Waals surface area contributed by atoms with Crippen molar-refractivity contribution >= 4 is 23.4 Å². The summed E-state index contributed by atoms with van der Waals surface area (Å²) in [6.45, 7) is 0.709. The normalized spacial score (nSPS) is 10.9. The molecule has 2 aromatic heterocycles. The number of nitrogens with zero attached hydrogens (tertiary/aromatic N) is 4. The van der Waals surface area contributed by atoms with Crippen molar-refractivity contribution in [1.29, 1.82) is 0 Å². The van der Waals surface area contributed by atoms with E-state index in [1.54, 1.807) is 18.0 Å². The Morgan fingerprint density at radius 3 is 2.41 bits per heavy atom. The number of hydrogen-bond acceptors (Lipinski definition) is 4. The Balaban J connectivity index is 1.64. The molecule has 0 unspecified atom stereocenters. The first-order valence-corrected chi connectivity index (χ1v) is 9.91. The second kappa shape index (κ2) is 8.37. The molecule has 4 aromatic rings. The van der Waals surface area contributed by atoms with Crippen LogP contribution in [0.5, 0.6) is 0 Å². The molecule has 0 bridgehead atoms. The van der Waals surface area contributed by atoms with Crippen molar-refractivity contribution in [3.8, 4) is 11.4 Å². The van der Waals surface area contributed by atoms with Crippen molar-refractivity contribution in [3.05, 3.63) is 95.3 Å². The zero-order chi connectivity index (χ0) is 18.5. The fourth-order valence-corrected chi connectivity index (χ4v) is 3.76. The van der Waals surface area contributed by atoms with E-state index in [-0.39, 0.29) is 0 Å². The van der Waals surface area contributed by atoms with E-state index >= 15 is 0 Å². The summed E-state index contributed by atoms with van der Waals surface area (Å²) >= 11 is 7.64. The standard InChI is InChI=1S/C21H17ClN4S/c22-19-10-8-17(9-11-19)15-27-21-25-24-20(18-7-4-12-23-13-18)26(21)14-16-5-2-1-3-6-16/h1-13H,14-15H2. The predicted molar refractivity (Wildman–Crippen MR) is 110 cm³/mol. The van der Waals surface area contributed by atoms with Crippen LogP contribution in [0.1, 0.15) is 11.1 Å². The van der Waals surface area contributed by atoms with Crippen LogP contribution in [0.15, 0.2) is 84.3 Å². The fraction of sp³-hybridized carbons (Fsp3) is 0.0952. The quantitative estimate of drug-likeness (QED) is 0.416. The molecule has 0 aliphatic heterocycles. The van der Waals surface area contributed by atoms with Crippen LogP contribution < -0.4 is 0 Å². The molecule has 0 radical (unpaired) electrons. The van der Waals surface area contributed by atoms with Crippen LogP contribution in [0, 0.1) is 0 Å². The smallest absolute Gasteiger partial charge is 0.192 e. The summed E-state index contributed by atoms with van der Waals surface area (Å²) in [7, 11) is 0. The van der Waals surface area contributed by atoms with Gasteiger partial charge in [0.2, 0.25) is 0 Å². The summed E-state index contributed by atoms with van der Waals surface area (Å²) in [5, 5.41) is 10.5. The van der Waals surface area contributed by atoms with Gasteiger partial charge >= 0.3 is 0 Å². The van der Waals surface area contributed by atoms with Gasteiger partial charge in [0.15, 0.2) is 11.0 Å². The molecule has 0 saturated heterocycles. The first kappa shape index (κ1) is 17.8. The van der Waals surface area contributed by atoms with E-state index in [1.807, 2.05) is 60.8 Å². The molecule has 0 aliphatic carbocycles.